The van der Waals surface area contributed by atoms with Gasteiger partial charge in [-0.2, -0.15) is 11.8 Å². The van der Waals surface area contributed by atoms with E-state index in [1.54, 1.807) is 0 Å². The van der Waals surface area contributed by atoms with Gasteiger partial charge < -0.3 is 9.84 Å². The number of hydrogen-bond acceptors (Lipinski definition) is 5. The molecular formula is C30H37NO4S. The lowest BCUT2D eigenvalue weighted by Gasteiger charge is -2.35. The molecule has 36 heavy (non-hydrogen) atoms. The standard InChI is InChI=1S/C30H37NO4S/c32-27-21-28(35-22-25-14-12-24(13-15-25)20-23-8-4-3-5-9-23)26(10-6-1-2-7-11-29(33)34)30(27)31-16-18-36-19-17-31/h1,3-6,8-9,12-15,26,28,30H,2,7,10-11,16-22H2,(H,33,34)/b6-1-/t26-,28-,30+/m1/s1. The van der Waals surface area contributed by atoms with E-state index in [4.69, 9.17) is 9.84 Å². The van der Waals surface area contributed by atoms with E-state index in [1.807, 2.05) is 17.8 Å². The second kappa shape index (κ2) is 13.8. The normalized spacial score (nSPS) is 22.9. The number of ether oxygens (including phenoxy) is 1. The van der Waals surface area contributed by atoms with Gasteiger partial charge in [-0.05, 0) is 42.4 Å². The molecule has 3 atom stereocenters. The van der Waals surface area contributed by atoms with Crippen LogP contribution in [-0.4, -0.2) is 58.5 Å². The van der Waals surface area contributed by atoms with Crippen LogP contribution in [0.5, 0.6) is 0 Å². The number of ketones is 1. The van der Waals surface area contributed by atoms with E-state index >= 15 is 0 Å². The Morgan fingerprint density at radius 1 is 1.00 bits per heavy atom. The van der Waals surface area contributed by atoms with Gasteiger partial charge in [0.2, 0.25) is 0 Å². The topological polar surface area (TPSA) is 66.8 Å². The smallest absolute Gasteiger partial charge is 0.303 e. The lowest BCUT2D eigenvalue weighted by Crippen LogP contribution is -2.47. The Hall–Kier alpha value is -2.41. The monoisotopic (exact) mass is 507 g/mol. The molecule has 0 radical (unpaired) electrons. The first-order valence-corrected chi connectivity index (χ1v) is 14.2. The quantitative estimate of drug-likeness (QED) is 0.308. The minimum absolute atomic E-state index is 0.0761. The first-order valence-electron chi connectivity index (χ1n) is 13.0. The van der Waals surface area contributed by atoms with Crippen molar-refractivity contribution in [3.8, 4) is 0 Å². The summed E-state index contributed by atoms with van der Waals surface area (Å²) in [4.78, 5) is 26.2. The lowest BCUT2D eigenvalue weighted by atomic mass is 9.95. The Morgan fingerprint density at radius 3 is 2.42 bits per heavy atom. The molecule has 0 amide bonds. The Labute approximate surface area is 218 Å². The fourth-order valence-electron chi connectivity index (χ4n) is 5.24. The highest BCUT2D eigenvalue weighted by molar-refractivity contribution is 7.99. The minimum Gasteiger partial charge on any atom is -0.481 e. The number of unbranched alkanes of at least 4 members (excludes halogenated alkanes) is 1. The predicted molar refractivity (Wildman–Crippen MR) is 145 cm³/mol. The number of hydrogen-bond donors (Lipinski definition) is 1. The molecule has 4 rings (SSSR count). The number of rotatable bonds is 12. The number of Topliss-reactive ketones (excluding diaryl/α,β-unsaturated/α-hetero) is 1. The molecule has 1 aliphatic carbocycles. The number of aliphatic carboxylic acids is 1. The summed E-state index contributed by atoms with van der Waals surface area (Å²) in [6, 6.07) is 19.0. The number of thioether (sulfide) groups is 1. The fraction of sp³-hybridized carbons (Fsp3) is 0.467. The van der Waals surface area contributed by atoms with E-state index < -0.39 is 5.97 Å². The van der Waals surface area contributed by atoms with Crippen LogP contribution in [0.2, 0.25) is 0 Å². The summed E-state index contributed by atoms with van der Waals surface area (Å²) in [5.41, 5.74) is 3.70. The van der Waals surface area contributed by atoms with Crippen LogP contribution < -0.4 is 0 Å². The van der Waals surface area contributed by atoms with E-state index in [2.05, 4.69) is 65.6 Å². The van der Waals surface area contributed by atoms with Crippen molar-refractivity contribution in [2.75, 3.05) is 24.6 Å². The first-order chi connectivity index (χ1) is 17.6. The summed E-state index contributed by atoms with van der Waals surface area (Å²) < 4.78 is 6.40. The van der Waals surface area contributed by atoms with Crippen molar-refractivity contribution < 1.29 is 19.4 Å². The van der Waals surface area contributed by atoms with Crippen LogP contribution in [0.3, 0.4) is 0 Å². The summed E-state index contributed by atoms with van der Waals surface area (Å²) >= 11 is 1.95. The molecule has 2 fully saturated rings. The summed E-state index contributed by atoms with van der Waals surface area (Å²) in [5.74, 6) is 1.82. The van der Waals surface area contributed by atoms with Gasteiger partial charge in [-0.3, -0.25) is 14.5 Å². The SMILES string of the molecule is O=C(O)CCC/C=C\C[C@H]1[C@H](N2CCSCC2)C(=O)C[C@H]1OCc1ccc(Cc2ccccc2)cc1. The van der Waals surface area contributed by atoms with Crippen molar-refractivity contribution >= 4 is 23.5 Å². The van der Waals surface area contributed by atoms with Gasteiger partial charge in [0.15, 0.2) is 5.78 Å². The maximum Gasteiger partial charge on any atom is 0.303 e. The Balaban J connectivity index is 1.36. The molecule has 1 N–H and O–H groups in total. The molecule has 5 nitrogen and oxygen atoms in total. The largest absolute Gasteiger partial charge is 0.481 e. The van der Waals surface area contributed by atoms with Gasteiger partial charge in [-0.1, -0.05) is 66.7 Å². The van der Waals surface area contributed by atoms with Gasteiger partial charge in [-0.15, -0.1) is 0 Å². The Kier molecular flexibility index (Phi) is 10.2. The molecule has 6 heteroatoms. The molecule has 0 spiro atoms. The van der Waals surface area contributed by atoms with Gasteiger partial charge in [0.1, 0.15) is 0 Å². The van der Waals surface area contributed by atoms with Crippen molar-refractivity contribution in [1.29, 1.82) is 0 Å². The van der Waals surface area contributed by atoms with Crippen LogP contribution in [0.1, 0.15) is 48.8 Å². The number of nitrogens with zero attached hydrogens (tertiary/aromatic N) is 1. The molecule has 2 aromatic carbocycles. The average molecular weight is 508 g/mol. The summed E-state index contributed by atoms with van der Waals surface area (Å²) in [7, 11) is 0. The van der Waals surface area contributed by atoms with E-state index in [0.29, 0.717) is 25.2 Å². The molecule has 0 unspecified atom stereocenters. The Bertz CT molecular complexity index is 1000. The van der Waals surface area contributed by atoms with Gasteiger partial charge in [0.25, 0.3) is 0 Å². The van der Waals surface area contributed by atoms with Crippen LogP contribution in [0.25, 0.3) is 0 Å². The van der Waals surface area contributed by atoms with E-state index in [0.717, 1.165) is 49.4 Å². The molecule has 2 aromatic rings. The number of carboxylic acid groups (broad SMARTS) is 1. The second-order valence-electron chi connectivity index (χ2n) is 9.75. The van der Waals surface area contributed by atoms with Gasteiger partial charge in [0, 0.05) is 43.4 Å². The van der Waals surface area contributed by atoms with Gasteiger partial charge in [0.05, 0.1) is 18.8 Å². The maximum absolute atomic E-state index is 13.1. The van der Waals surface area contributed by atoms with Gasteiger partial charge >= 0.3 is 5.97 Å². The summed E-state index contributed by atoms with van der Waals surface area (Å²) in [5, 5.41) is 8.83. The van der Waals surface area contributed by atoms with E-state index in [1.165, 1.54) is 11.1 Å². The third kappa shape index (κ3) is 7.79. The van der Waals surface area contributed by atoms with Crippen molar-refractivity contribution in [1.82, 2.24) is 4.90 Å². The van der Waals surface area contributed by atoms with Crippen molar-refractivity contribution in [3.05, 3.63) is 83.4 Å². The molecule has 192 valence electrons. The molecule has 0 aromatic heterocycles. The predicted octanol–water partition coefficient (Wildman–Crippen LogP) is 5.37. The van der Waals surface area contributed by atoms with Crippen LogP contribution in [0.4, 0.5) is 0 Å². The maximum atomic E-state index is 13.1. The third-order valence-electron chi connectivity index (χ3n) is 7.13. The number of carboxylic acids is 1. The molecule has 1 saturated heterocycles. The lowest BCUT2D eigenvalue weighted by molar-refractivity contribution is -0.137. The average Bonchev–Trinajstić information content (AvgIpc) is 3.21. The van der Waals surface area contributed by atoms with Crippen LogP contribution in [0.15, 0.2) is 66.7 Å². The number of benzene rings is 2. The number of carbonyl (C=O) groups excluding carboxylic acids is 1. The molecule has 1 heterocycles. The van der Waals surface area contributed by atoms with Gasteiger partial charge in [-0.25, -0.2) is 0 Å². The van der Waals surface area contributed by atoms with Crippen molar-refractivity contribution in [2.24, 2.45) is 5.92 Å². The number of allylic oxidation sites excluding steroid dienone is 2. The molecule has 0 bridgehead atoms. The minimum atomic E-state index is -0.755. The molecule has 1 aliphatic heterocycles. The Morgan fingerprint density at radius 2 is 1.69 bits per heavy atom. The third-order valence-corrected chi connectivity index (χ3v) is 8.07. The highest BCUT2D eigenvalue weighted by Gasteiger charge is 2.45. The van der Waals surface area contributed by atoms with Crippen molar-refractivity contribution in [2.45, 2.75) is 57.3 Å². The molecular weight excluding hydrogens is 470 g/mol. The van der Waals surface area contributed by atoms with E-state index in [9.17, 15) is 9.59 Å². The van der Waals surface area contributed by atoms with Crippen molar-refractivity contribution in [3.63, 3.8) is 0 Å². The zero-order chi connectivity index (χ0) is 25.2. The number of carbonyl (C=O) groups is 2. The zero-order valence-corrected chi connectivity index (χ0v) is 21.7. The molecule has 2 aliphatic rings. The first kappa shape index (κ1) is 26.6. The van der Waals surface area contributed by atoms with Crippen LogP contribution in [-0.2, 0) is 27.4 Å². The highest BCUT2D eigenvalue weighted by atomic mass is 32.2. The summed E-state index contributed by atoms with van der Waals surface area (Å²) in [6.45, 7) is 2.41. The van der Waals surface area contributed by atoms with Crippen LogP contribution in [0, 0.1) is 5.92 Å². The fourth-order valence-corrected chi connectivity index (χ4v) is 6.17. The highest BCUT2D eigenvalue weighted by Crippen LogP contribution is 2.34. The summed E-state index contributed by atoms with van der Waals surface area (Å²) in [6.07, 6.45) is 7.85. The zero-order valence-electron chi connectivity index (χ0n) is 20.9. The van der Waals surface area contributed by atoms with E-state index in [-0.39, 0.29) is 24.5 Å². The second-order valence-corrected chi connectivity index (χ2v) is 11.0. The molecule has 1 saturated carbocycles. The van der Waals surface area contributed by atoms with Crippen LogP contribution >= 0.6 is 11.8 Å².